The smallest absolute Gasteiger partial charge is 0.462 e. The lowest BCUT2D eigenvalue weighted by atomic mass is 10.3. The molecule has 0 aliphatic carbocycles. The van der Waals surface area contributed by atoms with E-state index in [1.807, 2.05) is 0 Å². The third kappa shape index (κ3) is 23.0. The van der Waals surface area contributed by atoms with Crippen molar-refractivity contribution in [2.24, 2.45) is 10.5 Å². The van der Waals surface area contributed by atoms with Crippen LogP contribution in [0.5, 0.6) is 0 Å². The molecule has 0 saturated carbocycles. The third-order valence-corrected chi connectivity index (χ3v) is 6.78. The number of esters is 1. The third-order valence-electron chi connectivity index (χ3n) is 5.31. The monoisotopic (exact) mass is 625 g/mol. The predicted octanol–water partition coefficient (Wildman–Crippen LogP) is 5.57. The zero-order valence-corrected chi connectivity index (χ0v) is 26.9. The predicted molar refractivity (Wildman–Crippen MR) is 157 cm³/mol. The van der Waals surface area contributed by atoms with Gasteiger partial charge in [-0.05, 0) is 52.4 Å². The van der Waals surface area contributed by atoms with Crippen molar-refractivity contribution in [2.75, 3.05) is 53.2 Å². The first-order valence-corrected chi connectivity index (χ1v) is 16.3. The highest BCUT2D eigenvalue weighted by Crippen LogP contribution is 2.50. The summed E-state index contributed by atoms with van der Waals surface area (Å²) in [7, 11) is -2.59. The number of carbonyl (C=O) groups excluding carboxylic acids is 3. The van der Waals surface area contributed by atoms with Crippen molar-refractivity contribution < 1.29 is 51.7 Å². The molecule has 0 atom stereocenters. The standard InChI is InChI=1S/C27H52N3O11P/c1-6-8-10-16-35-26(32)37-18-12-14-20-39-42(34,29-25(28)30(5)22-24(31)41-23(3)4)40-21-15-13-19-38-27(33)36-17-11-9-7-2/h23H,6-22H2,1-5H3,(H2,28,29,34). The second-order valence-corrected chi connectivity index (χ2v) is 11.4. The molecule has 0 unspecified atom stereocenters. The van der Waals surface area contributed by atoms with Gasteiger partial charge in [-0.2, -0.15) is 0 Å². The minimum Gasteiger partial charge on any atom is -0.462 e. The second kappa shape index (κ2) is 25.0. The van der Waals surface area contributed by atoms with Gasteiger partial charge < -0.3 is 34.3 Å². The Hall–Kier alpha value is -2.57. The van der Waals surface area contributed by atoms with Gasteiger partial charge in [0, 0.05) is 7.05 Å². The first-order valence-electron chi connectivity index (χ1n) is 14.8. The van der Waals surface area contributed by atoms with Crippen LogP contribution in [0.3, 0.4) is 0 Å². The fourth-order valence-corrected chi connectivity index (χ4v) is 4.36. The Morgan fingerprint density at radius 1 is 0.714 bits per heavy atom. The Kier molecular flexibility index (Phi) is 23.4. The first-order chi connectivity index (χ1) is 20.0. The van der Waals surface area contributed by atoms with E-state index in [4.69, 9.17) is 38.5 Å². The topological polar surface area (TPSA) is 175 Å². The highest BCUT2D eigenvalue weighted by Gasteiger charge is 2.26. The van der Waals surface area contributed by atoms with Crippen molar-refractivity contribution in [3.63, 3.8) is 0 Å². The van der Waals surface area contributed by atoms with E-state index in [0.29, 0.717) is 38.9 Å². The van der Waals surface area contributed by atoms with Gasteiger partial charge in [0.25, 0.3) is 0 Å². The first kappa shape index (κ1) is 39.4. The average molecular weight is 626 g/mol. The lowest BCUT2D eigenvalue weighted by Gasteiger charge is -2.20. The fraction of sp³-hybridized carbons (Fsp3) is 0.852. The number of rotatable bonds is 24. The molecule has 0 rings (SSSR count). The van der Waals surface area contributed by atoms with Crippen molar-refractivity contribution in [3.8, 4) is 0 Å². The van der Waals surface area contributed by atoms with Crippen LogP contribution in [0.1, 0.15) is 91.9 Å². The van der Waals surface area contributed by atoms with Gasteiger partial charge in [-0.3, -0.25) is 13.8 Å². The Morgan fingerprint density at radius 2 is 1.10 bits per heavy atom. The van der Waals surface area contributed by atoms with E-state index in [0.717, 1.165) is 38.5 Å². The Bertz CT molecular complexity index is 787. The molecule has 0 heterocycles. The number of hydrogen-bond donors (Lipinski definition) is 1. The number of guanidine groups is 1. The van der Waals surface area contributed by atoms with Crippen molar-refractivity contribution in [1.29, 1.82) is 0 Å². The number of unbranched alkanes of at least 4 members (excludes halogenated alkanes) is 6. The lowest BCUT2D eigenvalue weighted by Crippen LogP contribution is -2.38. The van der Waals surface area contributed by atoms with E-state index >= 15 is 0 Å². The van der Waals surface area contributed by atoms with E-state index in [1.165, 1.54) is 11.9 Å². The summed E-state index contributed by atoms with van der Waals surface area (Å²) in [4.78, 5) is 36.4. The molecular weight excluding hydrogens is 573 g/mol. The molecule has 0 aromatic carbocycles. The quantitative estimate of drug-likeness (QED) is 0.0352. The molecule has 246 valence electrons. The largest absolute Gasteiger partial charge is 0.508 e. The molecule has 0 saturated heterocycles. The van der Waals surface area contributed by atoms with Gasteiger partial charge in [-0.15, -0.1) is 4.76 Å². The molecule has 14 nitrogen and oxygen atoms in total. The van der Waals surface area contributed by atoms with Crippen LogP contribution in [-0.4, -0.2) is 88.5 Å². The van der Waals surface area contributed by atoms with Crippen molar-refractivity contribution in [3.05, 3.63) is 0 Å². The number of likely N-dealkylation sites (N-methyl/N-ethyl adjacent to an activating group) is 1. The summed E-state index contributed by atoms with van der Waals surface area (Å²) in [5.74, 6) is -0.766. The molecule has 42 heavy (non-hydrogen) atoms. The summed E-state index contributed by atoms with van der Waals surface area (Å²) in [5.41, 5.74) is 5.96. The van der Waals surface area contributed by atoms with Gasteiger partial charge in [0.15, 0.2) is 0 Å². The Morgan fingerprint density at radius 3 is 1.48 bits per heavy atom. The number of ether oxygens (including phenoxy) is 5. The molecule has 0 amide bonds. The van der Waals surface area contributed by atoms with Crippen molar-refractivity contribution >= 4 is 32.0 Å². The van der Waals surface area contributed by atoms with E-state index in [1.54, 1.807) is 13.8 Å². The minimum absolute atomic E-state index is 0.0188. The SMILES string of the molecule is CCCCCOC(=O)OCCCCOP(=O)(N=C(N)N(C)CC(=O)OC(C)C)OCCCCOC(=O)OCCCCC. The van der Waals surface area contributed by atoms with E-state index < -0.39 is 26.0 Å². The van der Waals surface area contributed by atoms with Crippen LogP contribution in [0, 0.1) is 0 Å². The second-order valence-electron chi connectivity index (χ2n) is 9.71. The van der Waals surface area contributed by atoms with Gasteiger partial charge in [0.05, 0.1) is 45.7 Å². The molecule has 0 bridgehead atoms. The number of hydrogen-bond acceptors (Lipinski definition) is 11. The number of nitrogens with zero attached hydrogens (tertiary/aromatic N) is 2. The van der Waals surface area contributed by atoms with Crippen molar-refractivity contribution in [2.45, 2.75) is 98.0 Å². The molecule has 0 aliphatic rings. The van der Waals surface area contributed by atoms with Gasteiger partial charge in [-0.25, -0.2) is 14.2 Å². The molecule has 15 heteroatoms. The van der Waals surface area contributed by atoms with Crippen LogP contribution in [0.4, 0.5) is 9.59 Å². The molecule has 0 fully saturated rings. The average Bonchev–Trinajstić information content (AvgIpc) is 2.92. The summed E-state index contributed by atoms with van der Waals surface area (Å²) < 4.78 is 53.3. The van der Waals surface area contributed by atoms with E-state index in [9.17, 15) is 18.9 Å². The Balaban J connectivity index is 4.74. The summed E-state index contributed by atoms with van der Waals surface area (Å²) in [5, 5.41) is 0. The van der Waals surface area contributed by atoms with Crippen molar-refractivity contribution in [1.82, 2.24) is 4.90 Å². The van der Waals surface area contributed by atoms with Crippen LogP contribution >= 0.6 is 7.75 Å². The molecule has 0 aromatic rings. The van der Waals surface area contributed by atoms with Gasteiger partial charge in [0.2, 0.25) is 5.96 Å². The van der Waals surface area contributed by atoms with E-state index in [-0.39, 0.29) is 45.0 Å². The summed E-state index contributed by atoms with van der Waals surface area (Å²) >= 11 is 0. The number of nitrogens with two attached hydrogens (primary N) is 1. The highest BCUT2D eigenvalue weighted by atomic mass is 31.2. The number of carbonyl (C=O) groups is 3. The molecule has 0 spiro atoms. The van der Waals surface area contributed by atoms with E-state index in [2.05, 4.69) is 18.6 Å². The fourth-order valence-electron chi connectivity index (χ4n) is 3.05. The van der Waals surface area contributed by atoms with Crippen LogP contribution in [0.2, 0.25) is 0 Å². The lowest BCUT2D eigenvalue weighted by molar-refractivity contribution is -0.147. The normalized spacial score (nSPS) is 11.7. The van der Waals surface area contributed by atoms with Crippen LogP contribution in [0.25, 0.3) is 0 Å². The minimum atomic E-state index is -4.07. The Labute approximate surface area is 250 Å². The molecule has 0 aliphatic heterocycles. The molecule has 2 N–H and O–H groups in total. The maximum atomic E-state index is 13.4. The summed E-state index contributed by atoms with van der Waals surface area (Å²) in [6.07, 6.45) is 5.41. The van der Waals surface area contributed by atoms with Gasteiger partial charge in [-0.1, -0.05) is 39.5 Å². The maximum absolute atomic E-state index is 13.4. The summed E-state index contributed by atoms with van der Waals surface area (Å²) in [6.45, 7) is 8.13. The highest BCUT2D eigenvalue weighted by molar-refractivity contribution is 7.52. The summed E-state index contributed by atoms with van der Waals surface area (Å²) in [6, 6.07) is 0. The van der Waals surface area contributed by atoms with Crippen LogP contribution in [-0.2, 0) is 42.1 Å². The van der Waals surface area contributed by atoms with Crippen LogP contribution < -0.4 is 5.73 Å². The van der Waals surface area contributed by atoms with Crippen LogP contribution in [0.15, 0.2) is 4.76 Å². The van der Waals surface area contributed by atoms with Gasteiger partial charge >= 0.3 is 26.0 Å². The molecular formula is C27H52N3O11P. The maximum Gasteiger partial charge on any atom is 0.508 e. The zero-order chi connectivity index (χ0) is 31.6. The van der Waals surface area contributed by atoms with Gasteiger partial charge in [0.1, 0.15) is 6.54 Å². The molecule has 0 aromatic heterocycles. The molecule has 0 radical (unpaired) electrons. The zero-order valence-electron chi connectivity index (χ0n) is 26.0.